The summed E-state index contributed by atoms with van der Waals surface area (Å²) < 4.78 is 5.13. The third kappa shape index (κ3) is 5.46. The van der Waals surface area contributed by atoms with Crippen LogP contribution in [0.1, 0.15) is 23.1 Å². The Hall–Kier alpha value is -3.15. The Labute approximate surface area is 146 Å². The first-order valence-electron chi connectivity index (χ1n) is 7.81. The van der Waals surface area contributed by atoms with Gasteiger partial charge in [-0.25, -0.2) is 5.43 Å². The molecule has 0 fully saturated rings. The van der Waals surface area contributed by atoms with Gasteiger partial charge < -0.3 is 10.1 Å². The van der Waals surface area contributed by atoms with Crippen molar-refractivity contribution in [3.63, 3.8) is 0 Å². The number of carbonyl (C=O) groups excluding carboxylic acids is 2. The molecule has 2 N–H and O–H groups in total. The van der Waals surface area contributed by atoms with E-state index in [1.165, 1.54) is 6.21 Å². The molecule has 25 heavy (non-hydrogen) atoms. The Balaban J connectivity index is 1.86. The van der Waals surface area contributed by atoms with Crippen LogP contribution in [0.15, 0.2) is 47.6 Å². The molecular weight excluding hydrogens is 318 g/mol. The van der Waals surface area contributed by atoms with E-state index < -0.39 is 5.91 Å². The standard InChI is InChI=1S/C19H21N3O3/c1-13-6-4-5-7-17(13)21-18(23)11-19(24)22-20-12-15-8-9-16(25-3)10-14(15)2/h4-10,12H,11H2,1-3H3,(H,21,23)(H,22,24). The zero-order valence-corrected chi connectivity index (χ0v) is 14.5. The Morgan fingerprint density at radius 3 is 2.52 bits per heavy atom. The van der Waals surface area contributed by atoms with Crippen molar-refractivity contribution < 1.29 is 14.3 Å². The van der Waals surface area contributed by atoms with E-state index in [1.807, 2.05) is 50.2 Å². The van der Waals surface area contributed by atoms with Gasteiger partial charge in [0, 0.05) is 5.69 Å². The van der Waals surface area contributed by atoms with E-state index in [4.69, 9.17) is 4.74 Å². The van der Waals surface area contributed by atoms with Gasteiger partial charge in [-0.1, -0.05) is 18.2 Å². The highest BCUT2D eigenvalue weighted by Gasteiger charge is 2.09. The molecule has 0 aliphatic heterocycles. The van der Waals surface area contributed by atoms with Gasteiger partial charge in [0.15, 0.2) is 0 Å². The number of nitrogens with zero attached hydrogens (tertiary/aromatic N) is 1. The largest absolute Gasteiger partial charge is 0.497 e. The third-order valence-electron chi connectivity index (χ3n) is 3.61. The van der Waals surface area contributed by atoms with Crippen LogP contribution in [0.25, 0.3) is 0 Å². The van der Waals surface area contributed by atoms with E-state index in [1.54, 1.807) is 13.2 Å². The topological polar surface area (TPSA) is 79.8 Å². The number of nitrogens with one attached hydrogen (secondary N) is 2. The average molecular weight is 339 g/mol. The molecule has 0 aromatic heterocycles. The molecule has 0 heterocycles. The van der Waals surface area contributed by atoms with E-state index in [9.17, 15) is 9.59 Å². The van der Waals surface area contributed by atoms with Crippen molar-refractivity contribution in [2.75, 3.05) is 12.4 Å². The molecule has 6 heteroatoms. The number of hydrazone groups is 1. The molecule has 0 bridgehead atoms. The van der Waals surface area contributed by atoms with Crippen LogP contribution >= 0.6 is 0 Å². The van der Waals surface area contributed by atoms with E-state index in [-0.39, 0.29) is 12.3 Å². The van der Waals surface area contributed by atoms with Gasteiger partial charge in [0.25, 0.3) is 0 Å². The second-order valence-corrected chi connectivity index (χ2v) is 5.56. The van der Waals surface area contributed by atoms with Gasteiger partial charge in [-0.05, 0) is 54.8 Å². The van der Waals surface area contributed by atoms with Crippen LogP contribution in [0.2, 0.25) is 0 Å². The molecular formula is C19H21N3O3. The lowest BCUT2D eigenvalue weighted by Crippen LogP contribution is -2.24. The number of para-hydroxylation sites is 1. The van der Waals surface area contributed by atoms with E-state index >= 15 is 0 Å². The fourth-order valence-electron chi connectivity index (χ4n) is 2.19. The highest BCUT2D eigenvalue weighted by atomic mass is 16.5. The monoisotopic (exact) mass is 339 g/mol. The SMILES string of the molecule is COc1ccc(C=NNC(=O)CC(=O)Nc2ccccc2C)c(C)c1. The number of amides is 2. The van der Waals surface area contributed by atoms with Gasteiger partial charge in [-0.15, -0.1) is 0 Å². The first-order valence-corrected chi connectivity index (χ1v) is 7.81. The lowest BCUT2D eigenvalue weighted by Gasteiger charge is -2.07. The molecule has 0 saturated heterocycles. The van der Waals surface area contributed by atoms with Crippen LogP contribution in [-0.2, 0) is 9.59 Å². The van der Waals surface area contributed by atoms with Crippen LogP contribution < -0.4 is 15.5 Å². The van der Waals surface area contributed by atoms with Crippen LogP contribution in [0.5, 0.6) is 5.75 Å². The lowest BCUT2D eigenvalue weighted by molar-refractivity contribution is -0.126. The van der Waals surface area contributed by atoms with Gasteiger partial charge in [0.05, 0.1) is 13.3 Å². The van der Waals surface area contributed by atoms with Gasteiger partial charge in [-0.2, -0.15) is 5.10 Å². The van der Waals surface area contributed by atoms with Crippen molar-refractivity contribution in [3.05, 3.63) is 59.2 Å². The summed E-state index contributed by atoms with van der Waals surface area (Å²) in [5.41, 5.74) is 5.80. The number of carbonyl (C=O) groups is 2. The molecule has 2 rings (SSSR count). The smallest absolute Gasteiger partial charge is 0.249 e. The molecule has 0 aliphatic rings. The van der Waals surface area contributed by atoms with Crippen molar-refractivity contribution in [1.82, 2.24) is 5.43 Å². The van der Waals surface area contributed by atoms with Gasteiger partial charge >= 0.3 is 0 Å². The summed E-state index contributed by atoms with van der Waals surface area (Å²) in [6, 6.07) is 12.9. The Bertz CT molecular complexity index is 800. The van der Waals surface area contributed by atoms with Gasteiger partial charge in [0.2, 0.25) is 11.8 Å². The average Bonchev–Trinajstić information content (AvgIpc) is 2.58. The Morgan fingerprint density at radius 2 is 1.84 bits per heavy atom. The Kier molecular flexibility index (Phi) is 6.28. The Morgan fingerprint density at radius 1 is 1.08 bits per heavy atom. The van der Waals surface area contributed by atoms with Crippen molar-refractivity contribution in [1.29, 1.82) is 0 Å². The number of ether oxygens (including phenoxy) is 1. The summed E-state index contributed by atoms with van der Waals surface area (Å²) in [5.74, 6) is -0.109. The minimum Gasteiger partial charge on any atom is -0.497 e. The van der Waals surface area contributed by atoms with Crippen molar-refractivity contribution in [3.8, 4) is 5.75 Å². The van der Waals surface area contributed by atoms with Crippen LogP contribution in [-0.4, -0.2) is 25.1 Å². The second-order valence-electron chi connectivity index (χ2n) is 5.56. The normalized spacial score (nSPS) is 10.5. The summed E-state index contributed by atoms with van der Waals surface area (Å²) in [4.78, 5) is 23.7. The number of hydrogen-bond donors (Lipinski definition) is 2. The van der Waals surface area contributed by atoms with Crippen LogP contribution in [0.3, 0.4) is 0 Å². The zero-order valence-electron chi connectivity index (χ0n) is 14.5. The summed E-state index contributed by atoms with van der Waals surface area (Å²) in [6.45, 7) is 3.80. The molecule has 2 aromatic rings. The maximum Gasteiger partial charge on any atom is 0.249 e. The molecule has 0 aliphatic carbocycles. The van der Waals surface area contributed by atoms with Crippen LogP contribution in [0, 0.1) is 13.8 Å². The van der Waals surface area contributed by atoms with E-state index in [0.29, 0.717) is 5.69 Å². The predicted octanol–water partition coefficient (Wildman–Crippen LogP) is 2.79. The molecule has 130 valence electrons. The summed E-state index contributed by atoms with van der Waals surface area (Å²) in [5, 5.41) is 6.60. The quantitative estimate of drug-likeness (QED) is 0.482. The van der Waals surface area contributed by atoms with Gasteiger partial charge in [-0.3, -0.25) is 9.59 Å². The molecule has 0 atom stereocenters. The van der Waals surface area contributed by atoms with Crippen molar-refractivity contribution >= 4 is 23.7 Å². The summed E-state index contributed by atoms with van der Waals surface area (Å²) in [7, 11) is 1.60. The number of rotatable bonds is 6. The lowest BCUT2D eigenvalue weighted by atomic mass is 10.1. The summed E-state index contributed by atoms with van der Waals surface area (Å²) in [6.07, 6.45) is 1.24. The number of anilines is 1. The molecule has 2 amide bonds. The maximum absolute atomic E-state index is 11.9. The van der Waals surface area contributed by atoms with E-state index in [0.717, 1.165) is 22.4 Å². The van der Waals surface area contributed by atoms with E-state index in [2.05, 4.69) is 15.8 Å². The number of aryl methyl sites for hydroxylation is 2. The first-order chi connectivity index (χ1) is 12.0. The number of benzene rings is 2. The first kappa shape index (κ1) is 18.2. The summed E-state index contributed by atoms with van der Waals surface area (Å²) >= 11 is 0. The third-order valence-corrected chi connectivity index (χ3v) is 3.61. The van der Waals surface area contributed by atoms with Crippen molar-refractivity contribution in [2.45, 2.75) is 20.3 Å². The fraction of sp³-hybridized carbons (Fsp3) is 0.211. The molecule has 6 nitrogen and oxygen atoms in total. The van der Waals surface area contributed by atoms with Crippen molar-refractivity contribution in [2.24, 2.45) is 5.10 Å². The highest BCUT2D eigenvalue weighted by Crippen LogP contribution is 2.15. The molecule has 2 aromatic carbocycles. The fourth-order valence-corrected chi connectivity index (χ4v) is 2.19. The molecule has 0 spiro atoms. The van der Waals surface area contributed by atoms with Crippen LogP contribution in [0.4, 0.5) is 5.69 Å². The maximum atomic E-state index is 11.9. The molecule has 0 unspecified atom stereocenters. The minimum atomic E-state index is -0.478. The second kappa shape index (κ2) is 8.63. The zero-order chi connectivity index (χ0) is 18.2. The molecule has 0 radical (unpaired) electrons. The molecule has 0 saturated carbocycles. The predicted molar refractivity (Wildman–Crippen MR) is 97.9 cm³/mol. The number of hydrogen-bond acceptors (Lipinski definition) is 4. The van der Waals surface area contributed by atoms with Gasteiger partial charge in [0.1, 0.15) is 12.2 Å². The highest BCUT2D eigenvalue weighted by molar-refractivity contribution is 6.04. The minimum absolute atomic E-state index is 0.298. The number of methoxy groups -OCH3 is 1.